The number of carbonyl (C=O) groups is 1. The van der Waals surface area contributed by atoms with Gasteiger partial charge in [-0.1, -0.05) is 6.92 Å². The van der Waals surface area contributed by atoms with E-state index in [4.69, 9.17) is 5.73 Å². The van der Waals surface area contributed by atoms with E-state index >= 15 is 0 Å². The first-order valence-corrected chi connectivity index (χ1v) is 6.34. The molecule has 0 saturated carbocycles. The predicted molar refractivity (Wildman–Crippen MR) is 73.4 cm³/mol. The fourth-order valence-corrected chi connectivity index (χ4v) is 2.08. The summed E-state index contributed by atoms with van der Waals surface area (Å²) in [7, 11) is 0. The smallest absolute Gasteiger partial charge is 0.221 e. The number of piperidine rings is 1. The monoisotopic (exact) mass is 263 g/mol. The normalized spacial score (nSPS) is 19.5. The van der Waals surface area contributed by atoms with Gasteiger partial charge in [-0.2, -0.15) is 0 Å². The van der Waals surface area contributed by atoms with Gasteiger partial charge < -0.3 is 11.1 Å². The highest BCUT2D eigenvalue weighted by Gasteiger charge is 2.20. The van der Waals surface area contributed by atoms with Gasteiger partial charge in [-0.25, -0.2) is 0 Å². The molecular formula is C12H26ClN3O. The molecule has 0 aromatic heterocycles. The van der Waals surface area contributed by atoms with Gasteiger partial charge in [-0.15, -0.1) is 12.4 Å². The van der Waals surface area contributed by atoms with Crippen LogP contribution in [0.2, 0.25) is 0 Å². The van der Waals surface area contributed by atoms with Crippen LogP contribution in [0.4, 0.5) is 0 Å². The van der Waals surface area contributed by atoms with Crippen molar-refractivity contribution in [3.05, 3.63) is 0 Å². The lowest BCUT2D eigenvalue weighted by molar-refractivity contribution is -0.121. The Morgan fingerprint density at radius 3 is 2.59 bits per heavy atom. The lowest BCUT2D eigenvalue weighted by atomic mass is 9.98. The van der Waals surface area contributed by atoms with E-state index in [1.54, 1.807) is 0 Å². The summed E-state index contributed by atoms with van der Waals surface area (Å²) in [5, 5.41) is 2.93. The molecule has 1 aliphatic heterocycles. The van der Waals surface area contributed by atoms with Crippen LogP contribution in [0.15, 0.2) is 0 Å². The summed E-state index contributed by atoms with van der Waals surface area (Å²) in [6.45, 7) is 7.99. The zero-order valence-corrected chi connectivity index (χ0v) is 11.8. The molecule has 0 bridgehead atoms. The third-order valence-corrected chi connectivity index (χ3v) is 3.41. The van der Waals surface area contributed by atoms with Crippen LogP contribution in [0.3, 0.4) is 0 Å². The molecule has 3 N–H and O–H groups in total. The molecule has 17 heavy (non-hydrogen) atoms. The zero-order valence-electron chi connectivity index (χ0n) is 10.9. The molecule has 1 aliphatic rings. The van der Waals surface area contributed by atoms with E-state index in [9.17, 15) is 4.79 Å². The van der Waals surface area contributed by atoms with E-state index in [2.05, 4.69) is 24.1 Å². The Hall–Kier alpha value is -0.320. The van der Waals surface area contributed by atoms with Crippen LogP contribution in [0.25, 0.3) is 0 Å². The minimum atomic E-state index is 0. The van der Waals surface area contributed by atoms with Crippen LogP contribution in [-0.2, 0) is 4.79 Å². The molecule has 102 valence electrons. The molecule has 1 heterocycles. The third-order valence-electron chi connectivity index (χ3n) is 3.41. The minimum absolute atomic E-state index is 0. The largest absolute Gasteiger partial charge is 0.355 e. The Kier molecular flexibility index (Phi) is 8.56. The second-order valence-corrected chi connectivity index (χ2v) is 4.91. The number of hydrogen-bond donors (Lipinski definition) is 2. The first-order chi connectivity index (χ1) is 7.63. The Balaban J connectivity index is 0.00000256. The highest BCUT2D eigenvalue weighted by molar-refractivity contribution is 5.85. The summed E-state index contributed by atoms with van der Waals surface area (Å²) in [5.74, 6) is 0.926. The molecule has 0 aliphatic carbocycles. The number of nitrogens with two attached hydrogens (primary N) is 1. The van der Waals surface area contributed by atoms with Crippen molar-refractivity contribution in [3.63, 3.8) is 0 Å². The number of rotatable bonds is 5. The molecule has 4 nitrogen and oxygen atoms in total. The van der Waals surface area contributed by atoms with Crippen molar-refractivity contribution in [3.8, 4) is 0 Å². The Labute approximate surface area is 111 Å². The van der Waals surface area contributed by atoms with Crippen LogP contribution >= 0.6 is 12.4 Å². The number of nitrogens with zero attached hydrogens (tertiary/aromatic N) is 1. The van der Waals surface area contributed by atoms with Crippen molar-refractivity contribution in [1.82, 2.24) is 10.2 Å². The van der Waals surface area contributed by atoms with E-state index < -0.39 is 0 Å². The van der Waals surface area contributed by atoms with Crippen molar-refractivity contribution in [1.29, 1.82) is 0 Å². The lowest BCUT2D eigenvalue weighted by Gasteiger charge is -2.35. The second kappa shape index (κ2) is 8.72. The molecule has 1 saturated heterocycles. The van der Waals surface area contributed by atoms with Crippen molar-refractivity contribution in [2.45, 2.75) is 39.2 Å². The summed E-state index contributed by atoms with van der Waals surface area (Å²) in [4.78, 5) is 13.7. The fourth-order valence-electron chi connectivity index (χ4n) is 2.08. The summed E-state index contributed by atoms with van der Waals surface area (Å²) < 4.78 is 0. The molecule has 1 atom stereocenters. The van der Waals surface area contributed by atoms with Gasteiger partial charge in [0, 0.05) is 25.6 Å². The van der Waals surface area contributed by atoms with E-state index in [1.165, 1.54) is 12.8 Å². The van der Waals surface area contributed by atoms with Gasteiger partial charge in [0.1, 0.15) is 0 Å². The molecule has 1 amide bonds. The zero-order chi connectivity index (χ0) is 12.0. The molecule has 1 fully saturated rings. The lowest BCUT2D eigenvalue weighted by Crippen LogP contribution is -2.45. The maximum atomic E-state index is 11.3. The predicted octanol–water partition coefficient (Wildman–Crippen LogP) is 0.994. The highest BCUT2D eigenvalue weighted by Crippen LogP contribution is 2.17. The second-order valence-electron chi connectivity index (χ2n) is 4.91. The maximum absolute atomic E-state index is 11.3. The van der Waals surface area contributed by atoms with E-state index in [-0.39, 0.29) is 18.3 Å². The number of hydrogen-bond acceptors (Lipinski definition) is 3. The van der Waals surface area contributed by atoms with Gasteiger partial charge in [0.2, 0.25) is 5.91 Å². The fraction of sp³-hybridized carbons (Fsp3) is 0.917. The van der Waals surface area contributed by atoms with Crippen LogP contribution in [0.1, 0.15) is 33.1 Å². The number of nitrogens with one attached hydrogen (secondary N) is 1. The van der Waals surface area contributed by atoms with Crippen LogP contribution < -0.4 is 11.1 Å². The quantitative estimate of drug-likeness (QED) is 0.778. The Morgan fingerprint density at radius 2 is 2.06 bits per heavy atom. The van der Waals surface area contributed by atoms with Crippen molar-refractivity contribution >= 4 is 18.3 Å². The van der Waals surface area contributed by atoms with Gasteiger partial charge in [-0.05, 0) is 38.8 Å². The van der Waals surface area contributed by atoms with Crippen molar-refractivity contribution in [2.75, 3.05) is 26.2 Å². The minimum Gasteiger partial charge on any atom is -0.355 e. The number of likely N-dealkylation sites (tertiary alicyclic amines) is 1. The molecule has 0 aromatic rings. The van der Waals surface area contributed by atoms with Gasteiger partial charge >= 0.3 is 0 Å². The van der Waals surface area contributed by atoms with Gasteiger partial charge in [-0.3, -0.25) is 9.69 Å². The van der Waals surface area contributed by atoms with E-state index in [0.29, 0.717) is 19.0 Å². The SMILES string of the molecule is CC1CCN(C(C)CNC(=O)CCN)CC1.Cl. The number of carbonyl (C=O) groups excluding carboxylic acids is 1. The molecule has 1 rings (SSSR count). The molecule has 0 aromatic carbocycles. The van der Waals surface area contributed by atoms with E-state index in [0.717, 1.165) is 25.6 Å². The summed E-state index contributed by atoms with van der Waals surface area (Å²) >= 11 is 0. The number of halogens is 1. The van der Waals surface area contributed by atoms with Gasteiger partial charge in [0.15, 0.2) is 0 Å². The molecule has 0 radical (unpaired) electrons. The molecule has 0 spiro atoms. The van der Waals surface area contributed by atoms with Crippen molar-refractivity contribution in [2.24, 2.45) is 11.7 Å². The molecule has 1 unspecified atom stereocenters. The van der Waals surface area contributed by atoms with Crippen LogP contribution in [0.5, 0.6) is 0 Å². The van der Waals surface area contributed by atoms with Crippen LogP contribution in [0, 0.1) is 5.92 Å². The Morgan fingerprint density at radius 1 is 1.47 bits per heavy atom. The van der Waals surface area contributed by atoms with Crippen LogP contribution in [-0.4, -0.2) is 43.0 Å². The topological polar surface area (TPSA) is 58.4 Å². The van der Waals surface area contributed by atoms with Gasteiger partial charge in [0.25, 0.3) is 0 Å². The molecule has 5 heteroatoms. The average molecular weight is 264 g/mol. The van der Waals surface area contributed by atoms with E-state index in [1.807, 2.05) is 0 Å². The standard InChI is InChI=1S/C12H25N3O.ClH/c1-10-4-7-15(8-5-10)11(2)9-14-12(16)3-6-13;/h10-11H,3-9,13H2,1-2H3,(H,14,16);1H. The third kappa shape index (κ3) is 6.24. The summed E-state index contributed by atoms with van der Waals surface area (Å²) in [6.07, 6.45) is 2.99. The first-order valence-electron chi connectivity index (χ1n) is 6.34. The molecular weight excluding hydrogens is 238 g/mol. The summed E-state index contributed by atoms with van der Waals surface area (Å²) in [5.41, 5.74) is 5.32. The Bertz CT molecular complexity index is 218. The number of amides is 1. The van der Waals surface area contributed by atoms with Crippen molar-refractivity contribution < 1.29 is 4.79 Å². The maximum Gasteiger partial charge on any atom is 0.221 e. The average Bonchev–Trinajstić information content (AvgIpc) is 2.27. The first kappa shape index (κ1) is 16.7. The summed E-state index contributed by atoms with van der Waals surface area (Å²) in [6, 6.07) is 0.439. The van der Waals surface area contributed by atoms with Gasteiger partial charge in [0.05, 0.1) is 0 Å². The highest BCUT2D eigenvalue weighted by atomic mass is 35.5.